The minimum atomic E-state index is -0.301. The first kappa shape index (κ1) is 14.3. The highest BCUT2D eigenvalue weighted by molar-refractivity contribution is 5.90. The lowest BCUT2D eigenvalue weighted by Gasteiger charge is -2.45. The van der Waals surface area contributed by atoms with E-state index in [0.29, 0.717) is 11.0 Å². The van der Waals surface area contributed by atoms with Gasteiger partial charge in [0.15, 0.2) is 0 Å². The van der Waals surface area contributed by atoms with Crippen LogP contribution in [0.15, 0.2) is 18.3 Å². The van der Waals surface area contributed by atoms with Gasteiger partial charge in [-0.05, 0) is 44.4 Å². The fourth-order valence-corrected chi connectivity index (χ4v) is 3.62. The highest BCUT2D eigenvalue weighted by Crippen LogP contribution is 2.37. The highest BCUT2D eigenvalue weighted by Gasteiger charge is 2.36. The quantitative estimate of drug-likeness (QED) is 0.842. The van der Waals surface area contributed by atoms with Crippen molar-refractivity contribution in [3.05, 3.63) is 23.9 Å². The van der Waals surface area contributed by atoms with E-state index in [1.165, 1.54) is 32.8 Å². The molecule has 1 N–H and O–H groups in total. The molecule has 5 nitrogen and oxygen atoms in total. The molecule has 3 rings (SSSR count). The zero-order valence-corrected chi connectivity index (χ0v) is 12.6. The smallest absolute Gasteiger partial charge is 0.338 e. The van der Waals surface area contributed by atoms with Gasteiger partial charge in [-0.15, -0.1) is 0 Å². The van der Waals surface area contributed by atoms with E-state index in [0.717, 1.165) is 32.0 Å². The van der Waals surface area contributed by atoms with Crippen LogP contribution in [-0.2, 0) is 4.74 Å². The summed E-state index contributed by atoms with van der Waals surface area (Å²) >= 11 is 0. The second-order valence-electron chi connectivity index (χ2n) is 6.20. The van der Waals surface area contributed by atoms with Crippen molar-refractivity contribution in [3.63, 3.8) is 0 Å². The van der Waals surface area contributed by atoms with Crippen LogP contribution < -0.4 is 10.2 Å². The second-order valence-corrected chi connectivity index (χ2v) is 6.20. The van der Waals surface area contributed by atoms with Crippen molar-refractivity contribution in [1.82, 2.24) is 10.3 Å². The van der Waals surface area contributed by atoms with E-state index >= 15 is 0 Å². The van der Waals surface area contributed by atoms with Crippen LogP contribution in [0.5, 0.6) is 0 Å². The highest BCUT2D eigenvalue weighted by atomic mass is 16.5. The van der Waals surface area contributed by atoms with Crippen molar-refractivity contribution in [2.45, 2.75) is 25.7 Å². The molecule has 0 aromatic carbocycles. The van der Waals surface area contributed by atoms with Crippen LogP contribution in [0, 0.1) is 5.41 Å². The molecule has 1 aromatic rings. The molecule has 0 bridgehead atoms. The number of carbonyl (C=O) groups is 1. The Hall–Kier alpha value is -1.62. The SMILES string of the molecule is COC(=O)c1ccnc(N2CCCC3(CCCNC3)C2)c1. The Bertz CT molecular complexity index is 506. The third-order valence-corrected chi connectivity index (χ3v) is 4.71. The Morgan fingerprint density at radius 3 is 3.05 bits per heavy atom. The van der Waals surface area contributed by atoms with E-state index in [1.807, 2.05) is 6.07 Å². The van der Waals surface area contributed by atoms with Crippen molar-refractivity contribution >= 4 is 11.8 Å². The molecule has 2 aliphatic rings. The summed E-state index contributed by atoms with van der Waals surface area (Å²) in [5.41, 5.74) is 0.948. The molecule has 1 atom stereocenters. The average molecular weight is 289 g/mol. The summed E-state index contributed by atoms with van der Waals surface area (Å²) < 4.78 is 4.79. The zero-order chi connectivity index (χ0) is 14.7. The lowest BCUT2D eigenvalue weighted by atomic mass is 9.74. The molecule has 2 fully saturated rings. The number of anilines is 1. The number of esters is 1. The van der Waals surface area contributed by atoms with Gasteiger partial charge in [-0.25, -0.2) is 9.78 Å². The summed E-state index contributed by atoms with van der Waals surface area (Å²) in [6.07, 6.45) is 6.71. The fraction of sp³-hybridized carbons (Fsp3) is 0.625. The van der Waals surface area contributed by atoms with E-state index in [2.05, 4.69) is 15.2 Å². The molecule has 0 amide bonds. The van der Waals surface area contributed by atoms with Crippen LogP contribution in [0.25, 0.3) is 0 Å². The van der Waals surface area contributed by atoms with E-state index in [4.69, 9.17) is 4.74 Å². The molecule has 0 saturated carbocycles. The summed E-state index contributed by atoms with van der Waals surface area (Å²) in [5.74, 6) is 0.590. The van der Waals surface area contributed by atoms with Crippen molar-refractivity contribution in [2.24, 2.45) is 5.41 Å². The first-order valence-corrected chi connectivity index (χ1v) is 7.73. The van der Waals surface area contributed by atoms with Gasteiger partial charge in [-0.3, -0.25) is 0 Å². The monoisotopic (exact) mass is 289 g/mol. The molecule has 1 spiro atoms. The van der Waals surface area contributed by atoms with Gasteiger partial charge >= 0.3 is 5.97 Å². The maximum absolute atomic E-state index is 11.7. The van der Waals surface area contributed by atoms with Gasteiger partial charge in [0.05, 0.1) is 12.7 Å². The Morgan fingerprint density at radius 1 is 1.43 bits per heavy atom. The normalized spacial score (nSPS) is 25.9. The first-order valence-electron chi connectivity index (χ1n) is 7.73. The number of rotatable bonds is 2. The summed E-state index contributed by atoms with van der Waals surface area (Å²) in [4.78, 5) is 18.4. The van der Waals surface area contributed by atoms with E-state index in [-0.39, 0.29) is 5.97 Å². The molecule has 5 heteroatoms. The number of piperidine rings is 2. The number of aromatic nitrogens is 1. The van der Waals surface area contributed by atoms with Gasteiger partial charge < -0.3 is 15.0 Å². The topological polar surface area (TPSA) is 54.5 Å². The largest absolute Gasteiger partial charge is 0.465 e. The average Bonchev–Trinajstić information content (AvgIpc) is 2.55. The third-order valence-electron chi connectivity index (χ3n) is 4.71. The van der Waals surface area contributed by atoms with Gasteiger partial charge in [-0.1, -0.05) is 0 Å². The van der Waals surface area contributed by atoms with Crippen molar-refractivity contribution in [2.75, 3.05) is 38.2 Å². The number of pyridine rings is 1. The second kappa shape index (κ2) is 6.02. The molecule has 0 aliphatic carbocycles. The van der Waals surface area contributed by atoms with Crippen molar-refractivity contribution < 1.29 is 9.53 Å². The minimum Gasteiger partial charge on any atom is -0.465 e. The maximum atomic E-state index is 11.7. The van der Waals surface area contributed by atoms with Crippen LogP contribution >= 0.6 is 0 Å². The lowest BCUT2D eigenvalue weighted by molar-refractivity contribution is 0.0600. The van der Waals surface area contributed by atoms with Gasteiger partial charge in [0.1, 0.15) is 5.82 Å². The molecule has 21 heavy (non-hydrogen) atoms. The molecule has 3 heterocycles. The van der Waals surface area contributed by atoms with Gasteiger partial charge in [0.25, 0.3) is 0 Å². The standard InChI is InChI=1S/C16H23N3O2/c1-21-15(20)13-4-8-18-14(10-13)19-9-3-6-16(12-19)5-2-7-17-11-16/h4,8,10,17H,2-3,5-7,9,11-12H2,1H3. The molecule has 2 aliphatic heterocycles. The van der Waals surface area contributed by atoms with Crippen molar-refractivity contribution in [1.29, 1.82) is 0 Å². The number of ether oxygens (including phenoxy) is 1. The number of nitrogens with one attached hydrogen (secondary N) is 1. The zero-order valence-electron chi connectivity index (χ0n) is 12.6. The van der Waals surface area contributed by atoms with Crippen LogP contribution in [0.2, 0.25) is 0 Å². The molecule has 1 unspecified atom stereocenters. The van der Waals surface area contributed by atoms with Gasteiger partial charge in [-0.2, -0.15) is 0 Å². The third kappa shape index (κ3) is 3.02. The lowest BCUT2D eigenvalue weighted by Crippen LogP contribution is -2.51. The van der Waals surface area contributed by atoms with E-state index in [9.17, 15) is 4.79 Å². The Morgan fingerprint density at radius 2 is 2.29 bits per heavy atom. The maximum Gasteiger partial charge on any atom is 0.338 e. The summed E-state index contributed by atoms with van der Waals surface area (Å²) in [6, 6.07) is 3.55. The number of hydrogen-bond donors (Lipinski definition) is 1. The number of methoxy groups -OCH3 is 1. The van der Waals surface area contributed by atoms with Crippen molar-refractivity contribution in [3.8, 4) is 0 Å². The molecule has 1 aromatic heterocycles. The molecular formula is C16H23N3O2. The molecule has 2 saturated heterocycles. The van der Waals surface area contributed by atoms with Crippen LogP contribution in [0.1, 0.15) is 36.0 Å². The predicted molar refractivity (Wildman–Crippen MR) is 81.6 cm³/mol. The molecular weight excluding hydrogens is 266 g/mol. The molecule has 0 radical (unpaired) electrons. The van der Waals surface area contributed by atoms with Gasteiger partial charge in [0.2, 0.25) is 0 Å². The number of hydrogen-bond acceptors (Lipinski definition) is 5. The molecule has 114 valence electrons. The summed E-state index contributed by atoms with van der Waals surface area (Å²) in [6.45, 7) is 4.27. The summed E-state index contributed by atoms with van der Waals surface area (Å²) in [5, 5.41) is 3.53. The predicted octanol–water partition coefficient (Wildman–Crippen LogP) is 1.84. The first-order chi connectivity index (χ1) is 10.2. The van der Waals surface area contributed by atoms with E-state index in [1.54, 1.807) is 12.3 Å². The van der Waals surface area contributed by atoms with Crippen LogP contribution in [0.4, 0.5) is 5.82 Å². The summed E-state index contributed by atoms with van der Waals surface area (Å²) in [7, 11) is 1.41. The fourth-order valence-electron chi connectivity index (χ4n) is 3.62. The minimum absolute atomic E-state index is 0.301. The number of carbonyl (C=O) groups excluding carboxylic acids is 1. The van der Waals surface area contributed by atoms with Crippen LogP contribution in [0.3, 0.4) is 0 Å². The Labute approximate surface area is 125 Å². The Balaban J connectivity index is 1.78. The number of nitrogens with zero attached hydrogens (tertiary/aromatic N) is 2. The van der Waals surface area contributed by atoms with Gasteiger partial charge in [0, 0.05) is 31.2 Å². The van der Waals surface area contributed by atoms with Crippen LogP contribution in [-0.4, -0.2) is 44.2 Å². The van der Waals surface area contributed by atoms with E-state index < -0.39 is 0 Å². The Kier molecular flexibility index (Phi) is 4.10.